The van der Waals surface area contributed by atoms with Gasteiger partial charge in [-0.3, -0.25) is 9.59 Å². The van der Waals surface area contributed by atoms with Gasteiger partial charge in [0, 0.05) is 23.7 Å². The molecule has 0 spiro atoms. The molecule has 0 bridgehead atoms. The second-order valence-corrected chi connectivity index (χ2v) is 5.74. The third-order valence-electron chi connectivity index (χ3n) is 3.03. The summed E-state index contributed by atoms with van der Waals surface area (Å²) in [6, 6.07) is 0.449. The van der Waals surface area contributed by atoms with Gasteiger partial charge < -0.3 is 15.0 Å². The Morgan fingerprint density at radius 2 is 2.21 bits per heavy atom. The van der Waals surface area contributed by atoms with Crippen molar-refractivity contribution >= 4 is 23.6 Å². The van der Waals surface area contributed by atoms with Crippen LogP contribution in [0.5, 0.6) is 0 Å². The summed E-state index contributed by atoms with van der Waals surface area (Å²) in [7, 11) is 0. The van der Waals surface area contributed by atoms with Crippen LogP contribution in [0, 0.1) is 6.92 Å². The second kappa shape index (κ2) is 5.08. The number of hydrogen-bond donors (Lipinski definition) is 2. The predicted molar refractivity (Wildman–Crippen MR) is 71.3 cm³/mol. The van der Waals surface area contributed by atoms with E-state index in [2.05, 4.69) is 4.98 Å². The SMILES string of the molecule is Cc1cc(=O)c(C(=O)N2C(C)SCC2C(=O)O)c[nH]1. The normalized spacial score (nSPS) is 22.5. The summed E-state index contributed by atoms with van der Waals surface area (Å²) in [5, 5.41) is 8.86. The number of carboxylic acid groups (broad SMARTS) is 1. The zero-order valence-electron chi connectivity index (χ0n) is 10.5. The van der Waals surface area contributed by atoms with Gasteiger partial charge in [0.05, 0.1) is 5.37 Å². The van der Waals surface area contributed by atoms with Crippen molar-refractivity contribution in [3.8, 4) is 0 Å². The van der Waals surface area contributed by atoms with Crippen LogP contribution in [0.25, 0.3) is 0 Å². The van der Waals surface area contributed by atoms with Crippen molar-refractivity contribution in [3.05, 3.63) is 33.7 Å². The lowest BCUT2D eigenvalue weighted by Crippen LogP contribution is -2.46. The molecule has 1 aromatic heterocycles. The van der Waals surface area contributed by atoms with Crippen LogP contribution >= 0.6 is 11.8 Å². The van der Waals surface area contributed by atoms with Gasteiger partial charge in [0.25, 0.3) is 5.91 Å². The number of H-pyrrole nitrogens is 1. The van der Waals surface area contributed by atoms with Crippen LogP contribution in [-0.2, 0) is 4.79 Å². The average Bonchev–Trinajstić information content (AvgIpc) is 2.70. The number of carbonyl (C=O) groups is 2. The number of carboxylic acids is 1. The van der Waals surface area contributed by atoms with Gasteiger partial charge in [0.1, 0.15) is 11.6 Å². The van der Waals surface area contributed by atoms with Crippen molar-refractivity contribution in [2.45, 2.75) is 25.3 Å². The Kier molecular flexibility index (Phi) is 3.66. The number of pyridine rings is 1. The molecule has 0 saturated carbocycles. The zero-order chi connectivity index (χ0) is 14.2. The zero-order valence-corrected chi connectivity index (χ0v) is 11.4. The van der Waals surface area contributed by atoms with E-state index in [1.807, 2.05) is 0 Å². The molecule has 102 valence electrons. The van der Waals surface area contributed by atoms with Gasteiger partial charge in [-0.05, 0) is 13.8 Å². The van der Waals surface area contributed by atoms with Gasteiger partial charge in [-0.2, -0.15) is 0 Å². The molecule has 0 radical (unpaired) electrons. The summed E-state index contributed by atoms with van der Waals surface area (Å²) in [5.41, 5.74) is 0.237. The van der Waals surface area contributed by atoms with Crippen molar-refractivity contribution in [1.29, 1.82) is 0 Å². The lowest BCUT2D eigenvalue weighted by molar-refractivity contribution is -0.141. The maximum atomic E-state index is 12.3. The van der Waals surface area contributed by atoms with E-state index in [0.717, 1.165) is 0 Å². The Morgan fingerprint density at radius 3 is 2.79 bits per heavy atom. The number of carbonyl (C=O) groups excluding carboxylic acids is 1. The van der Waals surface area contributed by atoms with E-state index in [4.69, 9.17) is 5.11 Å². The van der Waals surface area contributed by atoms with E-state index in [1.165, 1.54) is 28.9 Å². The minimum absolute atomic E-state index is 0.0220. The van der Waals surface area contributed by atoms with Crippen molar-refractivity contribution in [2.24, 2.45) is 0 Å². The van der Waals surface area contributed by atoms with Gasteiger partial charge in [0.2, 0.25) is 0 Å². The van der Waals surface area contributed by atoms with Gasteiger partial charge in [-0.25, -0.2) is 4.79 Å². The van der Waals surface area contributed by atoms with Crippen LogP contribution in [0.4, 0.5) is 0 Å². The summed E-state index contributed by atoms with van der Waals surface area (Å²) >= 11 is 1.39. The first-order valence-corrected chi connectivity index (χ1v) is 6.83. The molecule has 6 nitrogen and oxygen atoms in total. The Morgan fingerprint density at radius 1 is 1.53 bits per heavy atom. The monoisotopic (exact) mass is 282 g/mol. The first kappa shape index (κ1) is 13.7. The maximum Gasteiger partial charge on any atom is 0.327 e. The highest BCUT2D eigenvalue weighted by atomic mass is 32.2. The third kappa shape index (κ3) is 2.51. The van der Waals surface area contributed by atoms with E-state index < -0.39 is 23.3 Å². The fourth-order valence-electron chi connectivity index (χ4n) is 2.02. The molecule has 0 aromatic carbocycles. The number of nitrogens with zero attached hydrogens (tertiary/aromatic N) is 1. The molecule has 1 aromatic rings. The molecule has 19 heavy (non-hydrogen) atoms. The van der Waals surface area contributed by atoms with Crippen LogP contribution in [0.15, 0.2) is 17.1 Å². The average molecular weight is 282 g/mol. The molecule has 1 fully saturated rings. The molecule has 1 amide bonds. The van der Waals surface area contributed by atoms with Crippen LogP contribution in [-0.4, -0.2) is 44.0 Å². The number of aryl methyl sites for hydroxylation is 1. The highest BCUT2D eigenvalue weighted by molar-refractivity contribution is 8.00. The second-order valence-electron chi connectivity index (χ2n) is 4.39. The van der Waals surface area contributed by atoms with E-state index in [0.29, 0.717) is 11.4 Å². The van der Waals surface area contributed by atoms with E-state index in [-0.39, 0.29) is 10.9 Å². The van der Waals surface area contributed by atoms with Gasteiger partial charge >= 0.3 is 5.97 Å². The Hall–Kier alpha value is -1.76. The molecule has 1 aliphatic rings. The number of hydrogen-bond acceptors (Lipinski definition) is 4. The first-order chi connectivity index (χ1) is 8.91. The molecule has 2 atom stereocenters. The van der Waals surface area contributed by atoms with Gasteiger partial charge in [-0.15, -0.1) is 11.8 Å². The number of amides is 1. The fourth-order valence-corrected chi connectivity index (χ4v) is 3.19. The van der Waals surface area contributed by atoms with E-state index in [9.17, 15) is 14.4 Å². The standard InChI is InChI=1S/C12H14N2O4S/c1-6-3-10(15)8(4-13-6)11(16)14-7(2)19-5-9(14)12(17)18/h3-4,7,9H,5H2,1-2H3,(H,13,15)(H,17,18). The smallest absolute Gasteiger partial charge is 0.327 e. The van der Waals surface area contributed by atoms with Crippen molar-refractivity contribution in [3.63, 3.8) is 0 Å². The maximum absolute atomic E-state index is 12.3. The summed E-state index contributed by atoms with van der Waals surface area (Å²) in [5.74, 6) is -1.24. The highest BCUT2D eigenvalue weighted by Gasteiger charge is 2.40. The van der Waals surface area contributed by atoms with Crippen LogP contribution in [0.1, 0.15) is 23.0 Å². The Labute approximate surface area is 113 Å². The molecule has 1 saturated heterocycles. The Bertz CT molecular complexity index is 583. The lowest BCUT2D eigenvalue weighted by Gasteiger charge is -2.24. The molecule has 2 unspecified atom stereocenters. The summed E-state index contributed by atoms with van der Waals surface area (Å²) < 4.78 is 0. The minimum Gasteiger partial charge on any atom is -0.480 e. The third-order valence-corrected chi connectivity index (χ3v) is 4.25. The van der Waals surface area contributed by atoms with Gasteiger partial charge in [-0.1, -0.05) is 0 Å². The molecular weight excluding hydrogens is 268 g/mol. The van der Waals surface area contributed by atoms with Crippen molar-refractivity contribution in [2.75, 3.05) is 5.75 Å². The molecule has 2 rings (SSSR count). The molecule has 2 heterocycles. The van der Waals surface area contributed by atoms with Gasteiger partial charge in [0.15, 0.2) is 5.43 Å². The topological polar surface area (TPSA) is 90.5 Å². The highest BCUT2D eigenvalue weighted by Crippen LogP contribution is 2.29. The lowest BCUT2D eigenvalue weighted by atomic mass is 10.2. The summed E-state index contributed by atoms with van der Waals surface area (Å²) in [6.07, 6.45) is 1.34. The van der Waals surface area contributed by atoms with Crippen molar-refractivity contribution in [1.82, 2.24) is 9.88 Å². The fraction of sp³-hybridized carbons (Fsp3) is 0.417. The molecule has 2 N–H and O–H groups in total. The quantitative estimate of drug-likeness (QED) is 0.832. The Balaban J connectivity index is 2.37. The number of aliphatic carboxylic acids is 1. The van der Waals surface area contributed by atoms with Crippen molar-refractivity contribution < 1.29 is 14.7 Å². The number of thioether (sulfide) groups is 1. The van der Waals surface area contributed by atoms with Crippen LogP contribution in [0.3, 0.4) is 0 Å². The number of aromatic amines is 1. The molecule has 0 aliphatic carbocycles. The molecule has 1 aliphatic heterocycles. The summed E-state index contributed by atoms with van der Waals surface area (Å²) in [4.78, 5) is 39.3. The molecule has 7 heteroatoms. The first-order valence-electron chi connectivity index (χ1n) is 5.78. The predicted octanol–water partition coefficient (Wildman–Crippen LogP) is 0.672. The van der Waals surface area contributed by atoms with Crippen LogP contribution < -0.4 is 5.43 Å². The number of rotatable bonds is 2. The van der Waals surface area contributed by atoms with Crippen LogP contribution in [0.2, 0.25) is 0 Å². The number of nitrogens with one attached hydrogen (secondary N) is 1. The van der Waals surface area contributed by atoms with E-state index in [1.54, 1.807) is 13.8 Å². The molecular formula is C12H14N2O4S. The summed E-state index contributed by atoms with van der Waals surface area (Å²) in [6.45, 7) is 3.47. The largest absolute Gasteiger partial charge is 0.480 e. The van der Waals surface area contributed by atoms with E-state index >= 15 is 0 Å². The number of aromatic nitrogens is 1. The minimum atomic E-state index is -1.05.